The van der Waals surface area contributed by atoms with Crippen LogP contribution in [0.5, 0.6) is 11.5 Å². The molecule has 0 aliphatic carbocycles. The largest absolute Gasteiger partial charge is 0.457 e. The number of aromatic nitrogens is 2. The van der Waals surface area contributed by atoms with Crippen LogP contribution >= 0.6 is 27.5 Å². The number of nitrogens with zero attached hydrogens (tertiary/aromatic N) is 2. The molecular formula is C23H14BrClN2O. The van der Waals surface area contributed by atoms with Gasteiger partial charge in [0.2, 0.25) is 0 Å². The van der Waals surface area contributed by atoms with E-state index < -0.39 is 0 Å². The Kier molecular flexibility index (Phi) is 4.30. The first-order valence-electron chi connectivity index (χ1n) is 8.77. The second kappa shape index (κ2) is 6.97. The van der Waals surface area contributed by atoms with Crippen LogP contribution < -0.4 is 4.74 Å². The predicted molar refractivity (Wildman–Crippen MR) is 118 cm³/mol. The lowest BCUT2D eigenvalue weighted by Crippen LogP contribution is -1.97. The second-order valence-electron chi connectivity index (χ2n) is 6.42. The topological polar surface area (TPSA) is 27.1 Å². The summed E-state index contributed by atoms with van der Waals surface area (Å²) in [5, 5.41) is 2.97. The Hall–Kier alpha value is -2.82. The standard InChI is InChI=1S/C23H14BrClN2O/c24-15-10-11-26-23(12-15)27-21-7-2-1-6-19(21)20-9-8-18(14-22(20)27)28-17-5-3-4-16(25)13-17/h1-14H. The fourth-order valence-electron chi connectivity index (χ4n) is 3.44. The van der Waals surface area contributed by atoms with Crippen molar-refractivity contribution >= 4 is 49.3 Å². The number of pyridine rings is 1. The predicted octanol–water partition coefficient (Wildman–Crippen LogP) is 7.39. The van der Waals surface area contributed by atoms with Crippen LogP contribution in [0.4, 0.5) is 0 Å². The lowest BCUT2D eigenvalue weighted by atomic mass is 10.1. The van der Waals surface area contributed by atoms with E-state index in [4.69, 9.17) is 16.3 Å². The van der Waals surface area contributed by atoms with Crippen LogP contribution in [0.1, 0.15) is 0 Å². The second-order valence-corrected chi connectivity index (χ2v) is 7.78. The van der Waals surface area contributed by atoms with Gasteiger partial charge in [0.25, 0.3) is 0 Å². The van der Waals surface area contributed by atoms with E-state index in [9.17, 15) is 0 Å². The molecule has 0 saturated carbocycles. The summed E-state index contributed by atoms with van der Waals surface area (Å²) >= 11 is 9.63. The molecule has 2 heterocycles. The number of ether oxygens (including phenoxy) is 1. The van der Waals surface area contributed by atoms with Crippen molar-refractivity contribution in [1.29, 1.82) is 0 Å². The third-order valence-corrected chi connectivity index (χ3v) is 5.34. The summed E-state index contributed by atoms with van der Waals surface area (Å²) in [6.45, 7) is 0. The quantitative estimate of drug-likeness (QED) is 0.287. The molecular weight excluding hydrogens is 436 g/mol. The maximum absolute atomic E-state index is 6.08. The van der Waals surface area contributed by atoms with Gasteiger partial charge in [0.15, 0.2) is 0 Å². The molecule has 3 nitrogen and oxygen atoms in total. The number of hydrogen-bond donors (Lipinski definition) is 0. The number of para-hydroxylation sites is 1. The maximum Gasteiger partial charge on any atom is 0.138 e. The van der Waals surface area contributed by atoms with Crippen LogP contribution in [0.3, 0.4) is 0 Å². The van der Waals surface area contributed by atoms with E-state index in [0.717, 1.165) is 32.5 Å². The lowest BCUT2D eigenvalue weighted by molar-refractivity contribution is 0.483. The smallest absolute Gasteiger partial charge is 0.138 e. The molecule has 2 aromatic heterocycles. The molecule has 5 aromatic rings. The summed E-state index contributed by atoms with van der Waals surface area (Å²) in [6.07, 6.45) is 1.80. The molecule has 0 aliphatic heterocycles. The highest BCUT2D eigenvalue weighted by molar-refractivity contribution is 9.10. The summed E-state index contributed by atoms with van der Waals surface area (Å²) in [5.74, 6) is 2.30. The zero-order valence-electron chi connectivity index (χ0n) is 14.6. The highest BCUT2D eigenvalue weighted by Crippen LogP contribution is 2.35. The van der Waals surface area contributed by atoms with E-state index in [1.807, 2.05) is 48.5 Å². The summed E-state index contributed by atoms with van der Waals surface area (Å²) < 4.78 is 9.18. The third-order valence-electron chi connectivity index (χ3n) is 4.61. The highest BCUT2D eigenvalue weighted by Gasteiger charge is 2.14. The molecule has 0 atom stereocenters. The molecule has 0 amide bonds. The van der Waals surface area contributed by atoms with E-state index in [1.165, 1.54) is 5.39 Å². The van der Waals surface area contributed by atoms with Crippen LogP contribution in [0.25, 0.3) is 27.6 Å². The number of halogens is 2. The van der Waals surface area contributed by atoms with Crippen LogP contribution in [0.15, 0.2) is 89.5 Å². The van der Waals surface area contributed by atoms with E-state index in [0.29, 0.717) is 10.8 Å². The van der Waals surface area contributed by atoms with Gasteiger partial charge in [0, 0.05) is 32.5 Å². The van der Waals surface area contributed by atoms with Gasteiger partial charge in [0.1, 0.15) is 17.3 Å². The summed E-state index contributed by atoms with van der Waals surface area (Å²) in [6, 6.07) is 25.8. The monoisotopic (exact) mass is 448 g/mol. The number of fused-ring (bicyclic) bond motifs is 3. The number of rotatable bonds is 3. The van der Waals surface area contributed by atoms with Crippen LogP contribution in [0.2, 0.25) is 5.02 Å². The minimum absolute atomic E-state index is 0.644. The molecule has 3 aromatic carbocycles. The average molecular weight is 450 g/mol. The van der Waals surface area contributed by atoms with Gasteiger partial charge in [-0.3, -0.25) is 4.57 Å². The molecule has 0 radical (unpaired) electrons. The zero-order valence-corrected chi connectivity index (χ0v) is 17.0. The maximum atomic E-state index is 6.08. The van der Waals surface area contributed by atoms with Gasteiger partial charge >= 0.3 is 0 Å². The van der Waals surface area contributed by atoms with E-state index in [2.05, 4.69) is 49.7 Å². The van der Waals surface area contributed by atoms with Crippen LogP contribution in [-0.2, 0) is 0 Å². The van der Waals surface area contributed by atoms with Crippen molar-refractivity contribution in [3.8, 4) is 17.3 Å². The summed E-state index contributed by atoms with van der Waals surface area (Å²) in [7, 11) is 0. The molecule has 0 aliphatic rings. The van der Waals surface area contributed by atoms with Crippen molar-refractivity contribution in [2.24, 2.45) is 0 Å². The Morgan fingerprint density at radius 1 is 0.786 bits per heavy atom. The molecule has 0 N–H and O–H groups in total. The van der Waals surface area contributed by atoms with Crippen LogP contribution in [0, 0.1) is 0 Å². The molecule has 5 heteroatoms. The minimum atomic E-state index is 0.644. The molecule has 0 fully saturated rings. The Morgan fingerprint density at radius 2 is 1.61 bits per heavy atom. The van der Waals surface area contributed by atoms with Gasteiger partial charge in [-0.15, -0.1) is 0 Å². The van der Waals surface area contributed by atoms with E-state index >= 15 is 0 Å². The number of benzene rings is 3. The first kappa shape index (κ1) is 17.3. The van der Waals surface area contributed by atoms with Crippen molar-refractivity contribution in [3.63, 3.8) is 0 Å². The molecule has 0 bridgehead atoms. The van der Waals surface area contributed by atoms with Gasteiger partial charge in [0.05, 0.1) is 11.0 Å². The van der Waals surface area contributed by atoms with Crippen molar-refractivity contribution in [3.05, 3.63) is 94.6 Å². The Balaban J connectivity index is 1.73. The lowest BCUT2D eigenvalue weighted by Gasteiger charge is -2.09. The summed E-state index contributed by atoms with van der Waals surface area (Å²) in [4.78, 5) is 4.58. The Morgan fingerprint density at radius 3 is 2.46 bits per heavy atom. The fraction of sp³-hybridized carbons (Fsp3) is 0. The third kappa shape index (κ3) is 3.05. The highest BCUT2D eigenvalue weighted by atomic mass is 79.9. The zero-order chi connectivity index (χ0) is 19.1. The van der Waals surface area contributed by atoms with Crippen molar-refractivity contribution < 1.29 is 4.74 Å². The average Bonchev–Trinajstić information content (AvgIpc) is 3.02. The first-order valence-corrected chi connectivity index (χ1v) is 9.95. The van der Waals surface area contributed by atoms with E-state index in [-0.39, 0.29) is 0 Å². The van der Waals surface area contributed by atoms with Gasteiger partial charge < -0.3 is 4.74 Å². The normalized spacial score (nSPS) is 11.2. The van der Waals surface area contributed by atoms with Gasteiger partial charge in [-0.25, -0.2) is 4.98 Å². The van der Waals surface area contributed by atoms with Gasteiger partial charge in [-0.05, 0) is 48.5 Å². The molecule has 0 unspecified atom stereocenters. The molecule has 0 spiro atoms. The molecule has 5 rings (SSSR count). The summed E-state index contributed by atoms with van der Waals surface area (Å²) in [5.41, 5.74) is 2.13. The Bertz CT molecular complexity index is 1330. The van der Waals surface area contributed by atoms with Crippen molar-refractivity contribution in [2.45, 2.75) is 0 Å². The fourth-order valence-corrected chi connectivity index (χ4v) is 3.95. The van der Waals surface area contributed by atoms with Crippen LogP contribution in [-0.4, -0.2) is 9.55 Å². The van der Waals surface area contributed by atoms with Crippen molar-refractivity contribution in [1.82, 2.24) is 9.55 Å². The SMILES string of the molecule is Clc1cccc(Oc2ccc3c4ccccc4n(-c4cc(Br)ccn4)c3c2)c1. The minimum Gasteiger partial charge on any atom is -0.457 e. The Labute approximate surface area is 175 Å². The molecule has 28 heavy (non-hydrogen) atoms. The van der Waals surface area contributed by atoms with Crippen molar-refractivity contribution in [2.75, 3.05) is 0 Å². The van der Waals surface area contributed by atoms with Gasteiger partial charge in [-0.1, -0.05) is 51.8 Å². The van der Waals surface area contributed by atoms with Gasteiger partial charge in [-0.2, -0.15) is 0 Å². The molecule has 136 valence electrons. The van der Waals surface area contributed by atoms with E-state index in [1.54, 1.807) is 12.3 Å². The number of hydrogen-bond acceptors (Lipinski definition) is 2. The molecule has 0 saturated heterocycles. The first-order chi connectivity index (χ1) is 13.7.